The third-order valence-electron chi connectivity index (χ3n) is 4.91. The highest BCUT2D eigenvalue weighted by Crippen LogP contribution is 2.28. The van der Waals surface area contributed by atoms with E-state index in [0.717, 1.165) is 0 Å². The average Bonchev–Trinajstić information content (AvgIpc) is 2.52. The maximum absolute atomic E-state index is 3.74. The van der Waals surface area contributed by atoms with Crippen LogP contribution in [0.2, 0.25) is 0 Å². The molecule has 0 aromatic heterocycles. The summed E-state index contributed by atoms with van der Waals surface area (Å²) >= 11 is 2.47. The molecule has 21 heavy (non-hydrogen) atoms. The third kappa shape index (κ3) is 4.51. The van der Waals surface area contributed by atoms with Gasteiger partial charge in [0, 0.05) is 27.0 Å². The van der Waals surface area contributed by atoms with Gasteiger partial charge in [0.15, 0.2) is 0 Å². The molecule has 0 radical (unpaired) electrons. The molecule has 2 aliphatic rings. The fourth-order valence-corrected chi connectivity index (χ4v) is 4.34. The van der Waals surface area contributed by atoms with Gasteiger partial charge in [0.25, 0.3) is 0 Å². The molecule has 0 spiro atoms. The molecule has 2 nitrogen and oxygen atoms in total. The van der Waals surface area contributed by atoms with Crippen LogP contribution in [0.3, 0.4) is 0 Å². The smallest absolute Gasteiger partial charge is 0.0479 e. The van der Waals surface area contributed by atoms with Crippen molar-refractivity contribution in [2.24, 2.45) is 0 Å². The Morgan fingerprint density at radius 1 is 0.762 bits per heavy atom. The Bertz CT molecular complexity index is 449. The Morgan fingerprint density at radius 3 is 1.90 bits per heavy atom. The molecule has 2 saturated carbocycles. The van der Waals surface area contributed by atoms with Crippen molar-refractivity contribution in [1.82, 2.24) is 0 Å². The van der Waals surface area contributed by atoms with Gasteiger partial charge < -0.3 is 10.6 Å². The standard InChI is InChI=1S/C18H27IN2/c19-17-13-16(20-14-7-3-1-4-8-14)11-12-18(17)21-15-9-5-2-6-10-15/h11-15,20-21H,1-10H2. The molecular formula is C18H27IN2. The minimum atomic E-state index is 0.685. The summed E-state index contributed by atoms with van der Waals surface area (Å²) in [5, 5.41) is 7.46. The van der Waals surface area contributed by atoms with Gasteiger partial charge in [0.05, 0.1) is 0 Å². The highest BCUT2D eigenvalue weighted by Gasteiger charge is 2.15. The van der Waals surface area contributed by atoms with Crippen LogP contribution in [-0.2, 0) is 0 Å². The van der Waals surface area contributed by atoms with Crippen LogP contribution in [0.1, 0.15) is 64.2 Å². The second kappa shape index (κ2) is 7.70. The van der Waals surface area contributed by atoms with Crippen LogP contribution in [0.15, 0.2) is 18.2 Å². The first-order valence-electron chi connectivity index (χ1n) is 8.64. The monoisotopic (exact) mass is 398 g/mol. The molecule has 0 amide bonds. The summed E-state index contributed by atoms with van der Waals surface area (Å²) in [5.41, 5.74) is 2.61. The van der Waals surface area contributed by atoms with E-state index in [1.807, 2.05) is 0 Å². The third-order valence-corrected chi connectivity index (χ3v) is 5.80. The number of rotatable bonds is 4. The van der Waals surface area contributed by atoms with E-state index >= 15 is 0 Å². The maximum atomic E-state index is 3.74. The van der Waals surface area contributed by atoms with E-state index in [2.05, 4.69) is 51.4 Å². The molecule has 3 rings (SSSR count). The summed E-state index contributed by atoms with van der Waals surface area (Å²) < 4.78 is 1.35. The van der Waals surface area contributed by atoms with Crippen molar-refractivity contribution in [3.63, 3.8) is 0 Å². The lowest BCUT2D eigenvalue weighted by Gasteiger charge is -2.26. The van der Waals surface area contributed by atoms with Gasteiger partial charge in [-0.2, -0.15) is 0 Å². The van der Waals surface area contributed by atoms with Gasteiger partial charge in [0.2, 0.25) is 0 Å². The molecule has 2 fully saturated rings. The van der Waals surface area contributed by atoms with E-state index in [-0.39, 0.29) is 0 Å². The lowest BCUT2D eigenvalue weighted by Crippen LogP contribution is -2.23. The van der Waals surface area contributed by atoms with Gasteiger partial charge in [-0.25, -0.2) is 0 Å². The zero-order valence-corrected chi connectivity index (χ0v) is 15.0. The summed E-state index contributed by atoms with van der Waals surface area (Å²) in [6.45, 7) is 0. The van der Waals surface area contributed by atoms with Gasteiger partial charge in [-0.3, -0.25) is 0 Å². The first kappa shape index (κ1) is 15.4. The predicted octanol–water partition coefficient (Wildman–Crippen LogP) is 5.78. The van der Waals surface area contributed by atoms with Gasteiger partial charge >= 0.3 is 0 Å². The Labute approximate surface area is 142 Å². The molecule has 0 aliphatic heterocycles. The summed E-state index contributed by atoms with van der Waals surface area (Å²) in [6.07, 6.45) is 13.7. The van der Waals surface area contributed by atoms with E-state index in [9.17, 15) is 0 Å². The quantitative estimate of drug-likeness (QED) is 0.629. The van der Waals surface area contributed by atoms with Crippen LogP contribution in [0, 0.1) is 3.57 Å². The Morgan fingerprint density at radius 2 is 1.33 bits per heavy atom. The van der Waals surface area contributed by atoms with Crippen LogP contribution in [0.25, 0.3) is 0 Å². The van der Waals surface area contributed by atoms with Gasteiger partial charge in [-0.15, -0.1) is 0 Å². The van der Waals surface area contributed by atoms with Crippen molar-refractivity contribution < 1.29 is 0 Å². The Kier molecular flexibility index (Phi) is 5.67. The molecule has 0 bridgehead atoms. The van der Waals surface area contributed by atoms with Crippen molar-refractivity contribution >= 4 is 34.0 Å². The van der Waals surface area contributed by atoms with E-state index in [0.29, 0.717) is 12.1 Å². The Balaban J connectivity index is 1.59. The molecule has 2 aliphatic carbocycles. The molecule has 2 N–H and O–H groups in total. The van der Waals surface area contributed by atoms with Crippen molar-refractivity contribution in [3.8, 4) is 0 Å². The van der Waals surface area contributed by atoms with Crippen molar-refractivity contribution in [1.29, 1.82) is 0 Å². The second-order valence-electron chi connectivity index (χ2n) is 6.65. The number of hydrogen-bond donors (Lipinski definition) is 2. The molecule has 1 aromatic carbocycles. The fourth-order valence-electron chi connectivity index (χ4n) is 3.67. The number of nitrogens with one attached hydrogen (secondary N) is 2. The summed E-state index contributed by atoms with van der Waals surface area (Å²) in [6, 6.07) is 8.19. The normalized spacial score (nSPS) is 21.2. The summed E-state index contributed by atoms with van der Waals surface area (Å²) in [4.78, 5) is 0. The first-order chi connectivity index (χ1) is 10.3. The SMILES string of the molecule is Ic1cc(NC2CCCCC2)ccc1NC1CCCCC1. The van der Waals surface area contributed by atoms with Crippen molar-refractivity contribution in [2.45, 2.75) is 76.3 Å². The minimum Gasteiger partial charge on any atom is -0.382 e. The van der Waals surface area contributed by atoms with E-state index in [1.54, 1.807) is 0 Å². The van der Waals surface area contributed by atoms with Crippen LogP contribution >= 0.6 is 22.6 Å². The number of halogens is 1. The molecule has 116 valence electrons. The number of anilines is 2. The molecule has 3 heteroatoms. The zero-order valence-electron chi connectivity index (χ0n) is 12.8. The minimum absolute atomic E-state index is 0.685. The topological polar surface area (TPSA) is 24.1 Å². The first-order valence-corrected chi connectivity index (χ1v) is 9.72. The highest BCUT2D eigenvalue weighted by molar-refractivity contribution is 14.1. The molecule has 0 unspecified atom stereocenters. The average molecular weight is 398 g/mol. The van der Waals surface area contributed by atoms with E-state index in [4.69, 9.17) is 0 Å². The van der Waals surface area contributed by atoms with Crippen molar-refractivity contribution in [3.05, 3.63) is 21.8 Å². The molecule has 0 saturated heterocycles. The van der Waals surface area contributed by atoms with Crippen LogP contribution < -0.4 is 10.6 Å². The van der Waals surface area contributed by atoms with Crippen LogP contribution in [0.5, 0.6) is 0 Å². The Hall–Kier alpha value is -0.450. The largest absolute Gasteiger partial charge is 0.382 e. The second-order valence-corrected chi connectivity index (χ2v) is 7.82. The zero-order chi connectivity index (χ0) is 14.5. The van der Waals surface area contributed by atoms with Crippen LogP contribution in [-0.4, -0.2) is 12.1 Å². The maximum Gasteiger partial charge on any atom is 0.0479 e. The van der Waals surface area contributed by atoms with Gasteiger partial charge in [0.1, 0.15) is 0 Å². The lowest BCUT2D eigenvalue weighted by molar-refractivity contribution is 0.462. The molecule has 0 heterocycles. The van der Waals surface area contributed by atoms with E-state index < -0.39 is 0 Å². The van der Waals surface area contributed by atoms with Crippen molar-refractivity contribution in [2.75, 3.05) is 10.6 Å². The molecular weight excluding hydrogens is 371 g/mol. The van der Waals surface area contributed by atoms with Gasteiger partial charge in [-0.05, 0) is 66.5 Å². The summed E-state index contributed by atoms with van der Waals surface area (Å²) in [7, 11) is 0. The number of hydrogen-bond acceptors (Lipinski definition) is 2. The number of benzene rings is 1. The lowest BCUT2D eigenvalue weighted by atomic mass is 9.95. The van der Waals surface area contributed by atoms with Gasteiger partial charge in [-0.1, -0.05) is 38.5 Å². The highest BCUT2D eigenvalue weighted by atomic mass is 127. The van der Waals surface area contributed by atoms with E-state index in [1.165, 1.54) is 79.2 Å². The molecule has 0 atom stereocenters. The molecule has 1 aromatic rings. The summed E-state index contributed by atoms with van der Waals surface area (Å²) in [5.74, 6) is 0. The van der Waals surface area contributed by atoms with Crippen LogP contribution in [0.4, 0.5) is 11.4 Å². The fraction of sp³-hybridized carbons (Fsp3) is 0.667. The predicted molar refractivity (Wildman–Crippen MR) is 100 cm³/mol.